The summed E-state index contributed by atoms with van der Waals surface area (Å²) < 4.78 is 27.4. The standard InChI is InChI=1S/C28H37F2N3O3/c1-18(2)22-6-5-7-23(15-22)28(8-10-33(11-9-28)20(4)35)31-17-27(36)26(32-19(3)34)14-21-12-24(29)16-25(30)13-21/h5-7,12-13,15-16,18,26-27,31,36H,8-11,14,17H2,1-4H3,(H,32,34). The van der Waals surface area contributed by atoms with Gasteiger partial charge in [-0.2, -0.15) is 0 Å². The number of hydrogen-bond donors (Lipinski definition) is 3. The minimum Gasteiger partial charge on any atom is -0.390 e. The first-order valence-electron chi connectivity index (χ1n) is 12.5. The van der Waals surface area contributed by atoms with E-state index in [1.54, 1.807) is 6.92 Å². The molecule has 1 fully saturated rings. The van der Waals surface area contributed by atoms with Crippen molar-refractivity contribution in [2.24, 2.45) is 0 Å². The number of aliphatic hydroxyl groups is 1. The van der Waals surface area contributed by atoms with Crippen LogP contribution in [0.1, 0.15) is 63.1 Å². The average molecular weight is 502 g/mol. The third-order valence-electron chi connectivity index (χ3n) is 7.05. The van der Waals surface area contributed by atoms with Gasteiger partial charge in [0.1, 0.15) is 11.6 Å². The first-order chi connectivity index (χ1) is 17.0. The Morgan fingerprint density at radius 2 is 1.69 bits per heavy atom. The predicted octanol–water partition coefficient (Wildman–Crippen LogP) is 3.62. The molecule has 2 unspecified atom stereocenters. The third kappa shape index (κ3) is 7.11. The van der Waals surface area contributed by atoms with E-state index < -0.39 is 29.3 Å². The molecule has 2 aromatic rings. The highest BCUT2D eigenvalue weighted by molar-refractivity contribution is 5.73. The Morgan fingerprint density at radius 1 is 1.06 bits per heavy atom. The van der Waals surface area contributed by atoms with Gasteiger partial charge in [-0.1, -0.05) is 38.1 Å². The van der Waals surface area contributed by atoms with E-state index in [1.807, 2.05) is 11.0 Å². The molecule has 2 atom stereocenters. The van der Waals surface area contributed by atoms with Crippen molar-refractivity contribution in [3.05, 3.63) is 70.8 Å². The van der Waals surface area contributed by atoms with Gasteiger partial charge < -0.3 is 20.6 Å². The molecule has 8 heteroatoms. The van der Waals surface area contributed by atoms with Gasteiger partial charge in [0.05, 0.1) is 12.1 Å². The molecule has 36 heavy (non-hydrogen) atoms. The fourth-order valence-electron chi connectivity index (χ4n) is 4.94. The smallest absolute Gasteiger partial charge is 0.219 e. The molecule has 0 radical (unpaired) electrons. The lowest BCUT2D eigenvalue weighted by molar-refractivity contribution is -0.130. The number of likely N-dealkylation sites (tertiary alicyclic amines) is 1. The maximum Gasteiger partial charge on any atom is 0.219 e. The molecule has 1 aliphatic heterocycles. The maximum atomic E-state index is 13.7. The van der Waals surface area contributed by atoms with Gasteiger partial charge in [-0.25, -0.2) is 8.78 Å². The molecule has 196 valence electrons. The van der Waals surface area contributed by atoms with Crippen LogP contribution in [0.25, 0.3) is 0 Å². The Balaban J connectivity index is 1.82. The van der Waals surface area contributed by atoms with Gasteiger partial charge in [-0.05, 0) is 54.0 Å². The lowest BCUT2D eigenvalue weighted by Gasteiger charge is -2.44. The highest BCUT2D eigenvalue weighted by Crippen LogP contribution is 2.34. The summed E-state index contributed by atoms with van der Waals surface area (Å²) >= 11 is 0. The van der Waals surface area contributed by atoms with Crippen LogP contribution < -0.4 is 10.6 Å². The Kier molecular flexibility index (Phi) is 9.19. The second kappa shape index (κ2) is 11.9. The van der Waals surface area contributed by atoms with Crippen molar-refractivity contribution in [3.8, 4) is 0 Å². The summed E-state index contributed by atoms with van der Waals surface area (Å²) in [4.78, 5) is 25.6. The molecule has 3 rings (SSSR count). The molecule has 2 aromatic carbocycles. The van der Waals surface area contributed by atoms with Gasteiger partial charge in [0, 0.05) is 45.1 Å². The lowest BCUT2D eigenvalue weighted by Crippen LogP contribution is -2.56. The largest absolute Gasteiger partial charge is 0.390 e. The van der Waals surface area contributed by atoms with E-state index in [1.165, 1.54) is 24.6 Å². The molecular weight excluding hydrogens is 464 g/mol. The molecule has 0 saturated carbocycles. The summed E-state index contributed by atoms with van der Waals surface area (Å²) in [6.45, 7) is 8.49. The third-order valence-corrected chi connectivity index (χ3v) is 7.05. The predicted molar refractivity (Wildman–Crippen MR) is 135 cm³/mol. The van der Waals surface area contributed by atoms with Crippen molar-refractivity contribution in [3.63, 3.8) is 0 Å². The Labute approximate surface area is 212 Å². The van der Waals surface area contributed by atoms with Crippen LogP contribution in [0.5, 0.6) is 0 Å². The van der Waals surface area contributed by atoms with Crippen LogP contribution >= 0.6 is 0 Å². The number of carbonyl (C=O) groups is 2. The number of nitrogens with zero attached hydrogens (tertiary/aromatic N) is 1. The van der Waals surface area contributed by atoms with Crippen LogP contribution in [-0.4, -0.2) is 53.6 Å². The van der Waals surface area contributed by atoms with E-state index in [4.69, 9.17) is 0 Å². The van der Waals surface area contributed by atoms with E-state index in [0.717, 1.165) is 11.6 Å². The average Bonchev–Trinajstić information content (AvgIpc) is 2.81. The first kappa shape index (κ1) is 27.7. The van der Waals surface area contributed by atoms with Crippen LogP contribution in [-0.2, 0) is 21.5 Å². The summed E-state index contributed by atoms with van der Waals surface area (Å²) in [5.41, 5.74) is 2.17. The molecular formula is C28H37F2N3O3. The number of piperidine rings is 1. The molecule has 2 amide bonds. The SMILES string of the molecule is CC(=O)NC(Cc1cc(F)cc(F)c1)C(O)CNC1(c2cccc(C(C)C)c2)CCN(C(C)=O)CC1. The zero-order chi connectivity index (χ0) is 26.5. The van der Waals surface area contributed by atoms with E-state index >= 15 is 0 Å². The highest BCUT2D eigenvalue weighted by atomic mass is 19.1. The highest BCUT2D eigenvalue weighted by Gasteiger charge is 2.38. The molecule has 6 nitrogen and oxygen atoms in total. The summed E-state index contributed by atoms with van der Waals surface area (Å²) in [5.74, 6) is -1.38. The van der Waals surface area contributed by atoms with Crippen LogP contribution in [0.15, 0.2) is 42.5 Å². The van der Waals surface area contributed by atoms with Gasteiger partial charge in [0.2, 0.25) is 11.8 Å². The number of halogens is 2. The molecule has 0 aliphatic carbocycles. The second-order valence-electron chi connectivity index (χ2n) is 10.1. The molecule has 0 spiro atoms. The monoisotopic (exact) mass is 501 g/mol. The molecule has 0 bridgehead atoms. The van der Waals surface area contributed by atoms with Gasteiger partial charge in [-0.15, -0.1) is 0 Å². The summed E-state index contributed by atoms with van der Waals surface area (Å²) in [7, 11) is 0. The van der Waals surface area contributed by atoms with Crippen molar-refractivity contribution < 1.29 is 23.5 Å². The minimum absolute atomic E-state index is 0.0348. The molecule has 1 heterocycles. The normalized spacial score (nSPS) is 17.1. The van der Waals surface area contributed by atoms with Crippen LogP contribution in [0.4, 0.5) is 8.78 Å². The van der Waals surface area contributed by atoms with Crippen molar-refractivity contribution in [1.29, 1.82) is 0 Å². The van der Waals surface area contributed by atoms with Crippen LogP contribution in [0.3, 0.4) is 0 Å². The minimum atomic E-state index is -1.02. The molecule has 1 aliphatic rings. The number of amides is 2. The van der Waals surface area contributed by atoms with Crippen molar-refractivity contribution in [1.82, 2.24) is 15.5 Å². The number of nitrogens with one attached hydrogen (secondary N) is 2. The zero-order valence-electron chi connectivity index (χ0n) is 21.5. The first-order valence-corrected chi connectivity index (χ1v) is 12.5. The van der Waals surface area contributed by atoms with Crippen LogP contribution in [0.2, 0.25) is 0 Å². The van der Waals surface area contributed by atoms with Crippen molar-refractivity contribution in [2.45, 2.75) is 70.6 Å². The number of hydrogen-bond acceptors (Lipinski definition) is 4. The number of rotatable bonds is 9. The maximum absolute atomic E-state index is 13.7. The molecule has 3 N–H and O–H groups in total. The van der Waals surface area contributed by atoms with Crippen molar-refractivity contribution >= 4 is 11.8 Å². The fourth-order valence-corrected chi connectivity index (χ4v) is 4.94. The fraction of sp³-hybridized carbons (Fsp3) is 0.500. The second-order valence-corrected chi connectivity index (χ2v) is 10.1. The Hall–Kier alpha value is -2.84. The van der Waals surface area contributed by atoms with Gasteiger partial charge in [0.25, 0.3) is 0 Å². The van der Waals surface area contributed by atoms with Crippen LogP contribution in [0, 0.1) is 11.6 Å². The summed E-state index contributed by atoms with van der Waals surface area (Å²) in [6, 6.07) is 10.8. The van der Waals surface area contributed by atoms with E-state index in [0.29, 0.717) is 37.4 Å². The number of benzene rings is 2. The van der Waals surface area contributed by atoms with E-state index in [2.05, 4.69) is 42.7 Å². The number of carbonyl (C=O) groups excluding carboxylic acids is 2. The quantitative estimate of drug-likeness (QED) is 0.490. The topological polar surface area (TPSA) is 81.7 Å². The molecule has 1 saturated heterocycles. The van der Waals surface area contributed by atoms with Gasteiger partial charge in [0.15, 0.2) is 0 Å². The summed E-state index contributed by atoms with van der Waals surface area (Å²) in [6.07, 6.45) is 0.392. The van der Waals surface area contributed by atoms with Gasteiger partial charge >= 0.3 is 0 Å². The van der Waals surface area contributed by atoms with Crippen molar-refractivity contribution in [2.75, 3.05) is 19.6 Å². The zero-order valence-corrected chi connectivity index (χ0v) is 21.5. The van der Waals surface area contributed by atoms with E-state index in [-0.39, 0.29) is 24.8 Å². The summed E-state index contributed by atoms with van der Waals surface area (Å²) in [5, 5.41) is 17.4. The number of aliphatic hydroxyl groups excluding tert-OH is 1. The Bertz CT molecular complexity index is 1050. The van der Waals surface area contributed by atoms with Gasteiger partial charge in [-0.3, -0.25) is 9.59 Å². The lowest BCUT2D eigenvalue weighted by atomic mass is 9.79. The molecule has 0 aromatic heterocycles. The Morgan fingerprint density at radius 3 is 2.25 bits per heavy atom. The van der Waals surface area contributed by atoms with E-state index in [9.17, 15) is 23.5 Å².